The Morgan fingerprint density at radius 3 is 3.20 bits per heavy atom. The van der Waals surface area contributed by atoms with Crippen LogP contribution >= 0.6 is 22.6 Å². The average molecular weight is 244 g/mol. The van der Waals surface area contributed by atoms with E-state index in [2.05, 4.69) is 44.9 Å². The Labute approximate surface area is 72.6 Å². The van der Waals surface area contributed by atoms with Crippen molar-refractivity contribution >= 4 is 34.5 Å². The molecule has 0 atom stereocenters. The van der Waals surface area contributed by atoms with Crippen LogP contribution in [0, 0.1) is 0 Å². The third-order valence-electron chi connectivity index (χ3n) is 1.49. The molecule has 2 nitrogen and oxygen atoms in total. The summed E-state index contributed by atoms with van der Waals surface area (Å²) in [7, 11) is 0. The van der Waals surface area contributed by atoms with E-state index < -0.39 is 0 Å². The Balaban J connectivity index is 2.42. The van der Waals surface area contributed by atoms with E-state index in [-0.39, 0.29) is 0 Å². The lowest BCUT2D eigenvalue weighted by Gasteiger charge is -2.04. The molecule has 0 unspecified atom stereocenters. The molecule has 50 valence electrons. The predicted molar refractivity (Wildman–Crippen MR) is 50.7 cm³/mol. The van der Waals surface area contributed by atoms with Gasteiger partial charge in [-0.05, 0) is 26.2 Å². The third kappa shape index (κ3) is 0.941. The Hall–Kier alpha value is -0.450. The topological polar surface area (TPSA) is 24.7 Å². The molecule has 10 heavy (non-hydrogen) atoms. The predicted octanol–water partition coefficient (Wildman–Crippen LogP) is 2.08. The molecule has 2 rings (SSSR count). The summed E-state index contributed by atoms with van der Waals surface area (Å²) in [5.74, 6) is 0. The lowest BCUT2D eigenvalue weighted by atomic mass is 10.0. The number of rotatable bonds is 0. The summed E-state index contributed by atoms with van der Waals surface area (Å²) in [6, 6.07) is 0. The number of allylic oxidation sites excluding steroid dienone is 4. The number of hydrogen-bond acceptors (Lipinski definition) is 2. The molecule has 0 radical (unpaired) electrons. The van der Waals surface area contributed by atoms with Gasteiger partial charge in [0.15, 0.2) is 0 Å². The summed E-state index contributed by atoms with van der Waals surface area (Å²) >= 11 is 2.31. The van der Waals surface area contributed by atoms with Crippen LogP contribution in [0.5, 0.6) is 0 Å². The first kappa shape index (κ1) is 6.27. The molecule has 0 aromatic heterocycles. The molecule has 0 saturated carbocycles. The molecule has 0 aromatic carbocycles. The Kier molecular flexibility index (Phi) is 1.44. The van der Waals surface area contributed by atoms with Gasteiger partial charge >= 0.3 is 0 Å². The van der Waals surface area contributed by atoms with Crippen LogP contribution in [-0.4, -0.2) is 11.9 Å². The fourth-order valence-corrected chi connectivity index (χ4v) is 1.51. The molecule has 0 spiro atoms. The molecule has 3 heteroatoms. The van der Waals surface area contributed by atoms with Gasteiger partial charge in [-0.25, -0.2) is 0 Å². The van der Waals surface area contributed by atoms with Crippen LogP contribution in [0.1, 0.15) is 6.42 Å². The molecule has 2 aliphatic rings. The number of nitrogens with zero attached hydrogens (tertiary/aromatic N) is 2. The SMILES string of the molecule is IC1=CC=C2C=NN=C2C1. The normalized spacial score (nSPS) is 21.5. The van der Waals surface area contributed by atoms with Crippen molar-refractivity contribution in [1.29, 1.82) is 0 Å². The second-order valence-electron chi connectivity index (χ2n) is 2.20. The van der Waals surface area contributed by atoms with Crippen molar-refractivity contribution in [3.05, 3.63) is 21.3 Å². The summed E-state index contributed by atoms with van der Waals surface area (Å²) in [4.78, 5) is 0. The van der Waals surface area contributed by atoms with Crippen LogP contribution in [0.25, 0.3) is 0 Å². The first-order valence-electron chi connectivity index (χ1n) is 3.03. The second kappa shape index (κ2) is 2.30. The Morgan fingerprint density at radius 2 is 2.30 bits per heavy atom. The van der Waals surface area contributed by atoms with E-state index in [1.54, 1.807) is 6.21 Å². The molecule has 0 bridgehead atoms. The maximum absolute atomic E-state index is 3.98. The highest BCUT2D eigenvalue weighted by molar-refractivity contribution is 14.1. The Bertz CT molecular complexity index is 284. The van der Waals surface area contributed by atoms with E-state index in [9.17, 15) is 0 Å². The quantitative estimate of drug-likeness (QED) is 0.583. The Morgan fingerprint density at radius 1 is 1.40 bits per heavy atom. The van der Waals surface area contributed by atoms with Crippen molar-refractivity contribution in [1.82, 2.24) is 0 Å². The third-order valence-corrected chi connectivity index (χ3v) is 2.23. The minimum Gasteiger partial charge on any atom is -0.158 e. The largest absolute Gasteiger partial charge is 0.158 e. The highest BCUT2D eigenvalue weighted by Crippen LogP contribution is 2.22. The fourth-order valence-electron chi connectivity index (χ4n) is 0.969. The van der Waals surface area contributed by atoms with Crippen molar-refractivity contribution < 1.29 is 0 Å². The van der Waals surface area contributed by atoms with Gasteiger partial charge in [0.25, 0.3) is 0 Å². The van der Waals surface area contributed by atoms with E-state index in [1.165, 1.54) is 9.15 Å². The minimum atomic E-state index is 0.951. The van der Waals surface area contributed by atoms with Gasteiger partial charge in [0.05, 0.1) is 11.9 Å². The zero-order valence-electron chi connectivity index (χ0n) is 5.21. The summed E-state index contributed by atoms with van der Waals surface area (Å²) in [5, 5.41) is 7.80. The van der Waals surface area contributed by atoms with Crippen LogP contribution in [0.15, 0.2) is 31.5 Å². The van der Waals surface area contributed by atoms with Crippen LogP contribution in [0.2, 0.25) is 0 Å². The van der Waals surface area contributed by atoms with Crippen LogP contribution in [0.3, 0.4) is 0 Å². The van der Waals surface area contributed by atoms with E-state index in [0.29, 0.717) is 0 Å². The van der Waals surface area contributed by atoms with Gasteiger partial charge in [0, 0.05) is 12.0 Å². The van der Waals surface area contributed by atoms with E-state index in [1.807, 2.05) is 0 Å². The highest BCUT2D eigenvalue weighted by Gasteiger charge is 2.13. The lowest BCUT2D eigenvalue weighted by Crippen LogP contribution is -2.02. The standard InChI is InChI=1S/C7H5IN2/c8-6-2-1-5-4-9-10-7(5)3-6/h1-2,4H,3H2. The fraction of sp³-hybridized carbons (Fsp3) is 0.143. The van der Waals surface area contributed by atoms with Crippen LogP contribution in [-0.2, 0) is 0 Å². The monoisotopic (exact) mass is 244 g/mol. The number of fused-ring (bicyclic) bond motifs is 1. The van der Waals surface area contributed by atoms with E-state index >= 15 is 0 Å². The van der Waals surface area contributed by atoms with E-state index in [0.717, 1.165) is 12.1 Å². The van der Waals surface area contributed by atoms with E-state index in [4.69, 9.17) is 0 Å². The molecule has 1 aliphatic heterocycles. The molecular formula is C7H5IN2. The van der Waals surface area contributed by atoms with Gasteiger partial charge in [-0.15, -0.1) is 0 Å². The summed E-state index contributed by atoms with van der Waals surface area (Å²) in [5.41, 5.74) is 2.27. The minimum absolute atomic E-state index is 0.951. The summed E-state index contributed by atoms with van der Waals surface area (Å²) in [6.07, 6.45) is 6.91. The first-order chi connectivity index (χ1) is 4.86. The molecule has 0 N–H and O–H groups in total. The molecule has 1 aliphatic carbocycles. The molecule has 0 saturated heterocycles. The van der Waals surface area contributed by atoms with Crippen molar-refractivity contribution in [2.45, 2.75) is 6.42 Å². The number of halogens is 1. The van der Waals surface area contributed by atoms with Crippen LogP contribution in [0.4, 0.5) is 0 Å². The molecular weight excluding hydrogens is 239 g/mol. The van der Waals surface area contributed by atoms with Crippen LogP contribution < -0.4 is 0 Å². The second-order valence-corrected chi connectivity index (χ2v) is 3.59. The zero-order valence-corrected chi connectivity index (χ0v) is 7.37. The molecule has 0 amide bonds. The highest BCUT2D eigenvalue weighted by atomic mass is 127. The van der Waals surface area contributed by atoms with Crippen molar-refractivity contribution in [2.75, 3.05) is 0 Å². The van der Waals surface area contributed by atoms with Crippen molar-refractivity contribution in [3.63, 3.8) is 0 Å². The summed E-state index contributed by atoms with van der Waals surface area (Å²) < 4.78 is 1.32. The van der Waals surface area contributed by atoms with Crippen molar-refractivity contribution in [2.24, 2.45) is 10.2 Å². The maximum atomic E-state index is 3.98. The van der Waals surface area contributed by atoms with Gasteiger partial charge in [-0.3, -0.25) is 0 Å². The van der Waals surface area contributed by atoms with Gasteiger partial charge in [0.2, 0.25) is 0 Å². The lowest BCUT2D eigenvalue weighted by molar-refractivity contribution is 1.25. The molecule has 1 heterocycles. The van der Waals surface area contributed by atoms with Gasteiger partial charge < -0.3 is 0 Å². The van der Waals surface area contributed by atoms with Gasteiger partial charge in [-0.2, -0.15) is 10.2 Å². The maximum Gasteiger partial charge on any atom is 0.0767 e. The molecule has 0 aromatic rings. The first-order valence-corrected chi connectivity index (χ1v) is 4.11. The van der Waals surface area contributed by atoms with Gasteiger partial charge in [0.1, 0.15) is 0 Å². The zero-order chi connectivity index (χ0) is 6.97. The average Bonchev–Trinajstić information content (AvgIpc) is 2.33. The molecule has 0 fully saturated rings. The smallest absolute Gasteiger partial charge is 0.0767 e. The van der Waals surface area contributed by atoms with Crippen molar-refractivity contribution in [3.8, 4) is 0 Å². The number of hydrogen-bond donors (Lipinski definition) is 0. The van der Waals surface area contributed by atoms with Gasteiger partial charge in [-0.1, -0.05) is 12.2 Å². The summed E-state index contributed by atoms with van der Waals surface area (Å²) in [6.45, 7) is 0.